The summed E-state index contributed by atoms with van der Waals surface area (Å²) < 4.78 is 37.8. The summed E-state index contributed by atoms with van der Waals surface area (Å²) in [6, 6.07) is 6.36. The molecule has 0 radical (unpaired) electrons. The van der Waals surface area contributed by atoms with Gasteiger partial charge in [-0.2, -0.15) is 13.2 Å². The smallest absolute Gasteiger partial charge is 0.397 e. The zero-order valence-corrected chi connectivity index (χ0v) is 11.3. The number of nitrogens with zero attached hydrogens (tertiary/aromatic N) is 3. The first-order valence-corrected chi connectivity index (χ1v) is 6.45. The first-order valence-electron chi connectivity index (χ1n) is 6.45. The molecular weight excluding hydrogens is 293 g/mol. The molecule has 0 saturated carbocycles. The number of pyridine rings is 1. The Morgan fingerprint density at radius 3 is 2.36 bits per heavy atom. The number of hydrogen-bond donors (Lipinski definition) is 1. The number of nitrogens with two attached hydrogens (primary N) is 1. The van der Waals surface area contributed by atoms with Crippen molar-refractivity contribution in [3.8, 4) is 0 Å². The first kappa shape index (κ1) is 14.2. The predicted octanol–water partition coefficient (Wildman–Crippen LogP) is 3.22. The highest BCUT2D eigenvalue weighted by Crippen LogP contribution is 2.30. The van der Waals surface area contributed by atoms with Gasteiger partial charge in [-0.3, -0.25) is 15.0 Å². The topological polar surface area (TPSA) is 64.7 Å². The van der Waals surface area contributed by atoms with E-state index in [1.807, 2.05) is 12.1 Å². The molecule has 0 atom stereocenters. The van der Waals surface area contributed by atoms with Gasteiger partial charge in [0, 0.05) is 25.0 Å². The van der Waals surface area contributed by atoms with Gasteiger partial charge in [0.25, 0.3) is 0 Å². The fourth-order valence-electron chi connectivity index (χ4n) is 2.12. The Morgan fingerprint density at radius 1 is 0.955 bits per heavy atom. The summed E-state index contributed by atoms with van der Waals surface area (Å²) >= 11 is 0. The van der Waals surface area contributed by atoms with Gasteiger partial charge in [0.2, 0.25) is 0 Å². The predicted molar refractivity (Wildman–Crippen MR) is 76.0 cm³/mol. The number of nitrogen functional groups attached to an aromatic ring is 1. The highest BCUT2D eigenvalue weighted by molar-refractivity contribution is 5.74. The molecule has 2 N–H and O–H groups in total. The van der Waals surface area contributed by atoms with Crippen LogP contribution >= 0.6 is 0 Å². The Hall–Kier alpha value is -2.70. The summed E-state index contributed by atoms with van der Waals surface area (Å²) in [6.07, 6.45) is -0.143. The molecule has 1 aromatic carbocycles. The molecule has 2 aromatic heterocycles. The van der Waals surface area contributed by atoms with Crippen LogP contribution in [0.25, 0.3) is 11.0 Å². The lowest BCUT2D eigenvalue weighted by Gasteiger charge is -2.10. The third kappa shape index (κ3) is 2.83. The fourth-order valence-corrected chi connectivity index (χ4v) is 2.12. The number of hydrogen-bond acceptors (Lipinski definition) is 4. The lowest BCUT2D eigenvalue weighted by atomic mass is 10.1. The van der Waals surface area contributed by atoms with Crippen LogP contribution in [-0.2, 0) is 12.6 Å². The highest BCUT2D eigenvalue weighted by Gasteiger charge is 2.31. The Bertz CT molecular complexity index is 830. The molecule has 22 heavy (non-hydrogen) atoms. The molecule has 0 spiro atoms. The van der Waals surface area contributed by atoms with Crippen molar-refractivity contribution in [1.82, 2.24) is 15.0 Å². The van der Waals surface area contributed by atoms with Gasteiger partial charge in [0.05, 0.1) is 28.0 Å². The Kier molecular flexibility index (Phi) is 3.40. The van der Waals surface area contributed by atoms with E-state index < -0.39 is 11.7 Å². The lowest BCUT2D eigenvalue weighted by molar-refractivity contribution is -0.137. The van der Waals surface area contributed by atoms with Crippen molar-refractivity contribution in [2.45, 2.75) is 12.6 Å². The number of fused-ring (bicyclic) bond motifs is 1. The number of aromatic nitrogens is 3. The molecule has 7 heteroatoms. The zero-order chi connectivity index (χ0) is 15.7. The molecule has 0 fully saturated rings. The second-order valence-electron chi connectivity index (χ2n) is 4.81. The summed E-state index contributed by atoms with van der Waals surface area (Å²) in [5.41, 5.74) is 7.58. The van der Waals surface area contributed by atoms with Gasteiger partial charge in [0.1, 0.15) is 0 Å². The number of benzene rings is 1. The van der Waals surface area contributed by atoms with Gasteiger partial charge in [-0.05, 0) is 23.8 Å². The van der Waals surface area contributed by atoms with E-state index >= 15 is 0 Å². The summed E-state index contributed by atoms with van der Waals surface area (Å²) in [7, 11) is 0. The Balaban J connectivity index is 1.91. The lowest BCUT2D eigenvalue weighted by Crippen LogP contribution is -2.08. The summed E-state index contributed by atoms with van der Waals surface area (Å²) in [6.45, 7) is 0. The average Bonchev–Trinajstić information content (AvgIpc) is 2.48. The minimum absolute atomic E-state index is 0.0223. The van der Waals surface area contributed by atoms with Crippen molar-refractivity contribution in [3.05, 3.63) is 59.7 Å². The molecule has 0 saturated heterocycles. The van der Waals surface area contributed by atoms with Crippen LogP contribution in [-0.4, -0.2) is 15.0 Å². The van der Waals surface area contributed by atoms with E-state index in [0.29, 0.717) is 17.6 Å². The van der Waals surface area contributed by atoms with Crippen molar-refractivity contribution in [3.63, 3.8) is 0 Å². The Morgan fingerprint density at radius 2 is 1.68 bits per heavy atom. The van der Waals surface area contributed by atoms with Crippen LogP contribution in [0, 0.1) is 0 Å². The normalized spacial score (nSPS) is 11.8. The van der Waals surface area contributed by atoms with Crippen molar-refractivity contribution in [2.75, 3.05) is 5.73 Å². The molecule has 0 aliphatic carbocycles. The molecule has 3 rings (SSSR count). The highest BCUT2D eigenvalue weighted by atomic mass is 19.4. The number of alkyl halides is 3. The first-order chi connectivity index (χ1) is 10.4. The molecule has 0 aliphatic rings. The van der Waals surface area contributed by atoms with E-state index in [9.17, 15) is 13.2 Å². The van der Waals surface area contributed by atoms with E-state index in [4.69, 9.17) is 5.73 Å². The quantitative estimate of drug-likeness (QED) is 0.789. The minimum Gasteiger partial charge on any atom is -0.397 e. The standard InChI is InChI=1S/C15H11F3N4/c16-15(17,18)10-7-11(19)13(22-8-10)5-9-1-2-12-14(6-9)21-4-3-20-12/h1-4,6-8H,5,19H2. The molecule has 0 bridgehead atoms. The maximum Gasteiger partial charge on any atom is 0.417 e. The molecule has 3 aromatic rings. The third-order valence-electron chi connectivity index (χ3n) is 3.24. The zero-order valence-electron chi connectivity index (χ0n) is 11.3. The van der Waals surface area contributed by atoms with Crippen LogP contribution in [0.3, 0.4) is 0 Å². The van der Waals surface area contributed by atoms with E-state index in [-0.39, 0.29) is 5.69 Å². The fraction of sp³-hybridized carbons (Fsp3) is 0.133. The molecule has 0 amide bonds. The van der Waals surface area contributed by atoms with Crippen molar-refractivity contribution in [1.29, 1.82) is 0 Å². The summed E-state index contributed by atoms with van der Waals surface area (Å²) in [4.78, 5) is 12.2. The van der Waals surface area contributed by atoms with Crippen molar-refractivity contribution >= 4 is 16.7 Å². The van der Waals surface area contributed by atoms with E-state index in [1.165, 1.54) is 0 Å². The van der Waals surface area contributed by atoms with Crippen LogP contribution in [0.2, 0.25) is 0 Å². The van der Waals surface area contributed by atoms with Gasteiger partial charge in [0.15, 0.2) is 0 Å². The van der Waals surface area contributed by atoms with Gasteiger partial charge in [-0.15, -0.1) is 0 Å². The maximum atomic E-state index is 12.6. The minimum atomic E-state index is -4.45. The Labute approximate surface area is 123 Å². The van der Waals surface area contributed by atoms with Crippen LogP contribution < -0.4 is 5.73 Å². The van der Waals surface area contributed by atoms with Crippen LogP contribution in [0.15, 0.2) is 42.9 Å². The summed E-state index contributed by atoms with van der Waals surface area (Å²) in [5, 5.41) is 0. The van der Waals surface area contributed by atoms with Crippen LogP contribution in [0.5, 0.6) is 0 Å². The van der Waals surface area contributed by atoms with Crippen molar-refractivity contribution in [2.24, 2.45) is 0 Å². The maximum absolute atomic E-state index is 12.6. The molecule has 0 aliphatic heterocycles. The molecular formula is C15H11F3N4. The molecule has 2 heterocycles. The van der Waals surface area contributed by atoms with E-state index in [1.54, 1.807) is 18.5 Å². The molecule has 4 nitrogen and oxygen atoms in total. The largest absolute Gasteiger partial charge is 0.417 e. The number of anilines is 1. The van der Waals surface area contributed by atoms with Gasteiger partial charge in [-0.25, -0.2) is 0 Å². The second-order valence-corrected chi connectivity index (χ2v) is 4.81. The third-order valence-corrected chi connectivity index (χ3v) is 3.24. The van der Waals surface area contributed by atoms with Crippen LogP contribution in [0.4, 0.5) is 18.9 Å². The number of halogens is 3. The SMILES string of the molecule is Nc1cc(C(F)(F)F)cnc1Cc1ccc2nccnc2c1. The van der Waals surface area contributed by atoms with Gasteiger partial charge < -0.3 is 5.73 Å². The van der Waals surface area contributed by atoms with E-state index in [2.05, 4.69) is 15.0 Å². The average molecular weight is 304 g/mol. The summed E-state index contributed by atoms with van der Waals surface area (Å²) in [5.74, 6) is 0. The number of rotatable bonds is 2. The van der Waals surface area contributed by atoms with Crippen molar-refractivity contribution < 1.29 is 13.2 Å². The van der Waals surface area contributed by atoms with Gasteiger partial charge >= 0.3 is 6.18 Å². The second kappa shape index (κ2) is 5.25. The molecule has 0 unspecified atom stereocenters. The monoisotopic (exact) mass is 304 g/mol. The van der Waals surface area contributed by atoms with E-state index in [0.717, 1.165) is 23.3 Å². The van der Waals surface area contributed by atoms with Crippen LogP contribution in [0.1, 0.15) is 16.8 Å². The molecule has 112 valence electrons. The van der Waals surface area contributed by atoms with Gasteiger partial charge in [-0.1, -0.05) is 6.07 Å².